The summed E-state index contributed by atoms with van der Waals surface area (Å²) in [5.41, 5.74) is 4.40. The van der Waals surface area contributed by atoms with Crippen LogP contribution in [-0.4, -0.2) is 37.0 Å². The van der Waals surface area contributed by atoms with Crippen LogP contribution >= 0.6 is 0 Å². The van der Waals surface area contributed by atoms with Crippen molar-refractivity contribution in [3.63, 3.8) is 0 Å². The van der Waals surface area contributed by atoms with Crippen LogP contribution < -0.4 is 5.32 Å². The predicted molar refractivity (Wildman–Crippen MR) is 104 cm³/mol. The van der Waals surface area contributed by atoms with Gasteiger partial charge in [-0.05, 0) is 43.0 Å². The zero-order valence-corrected chi connectivity index (χ0v) is 15.7. The van der Waals surface area contributed by atoms with E-state index in [0.29, 0.717) is 12.2 Å². The molecule has 0 bridgehead atoms. The predicted octanol–water partition coefficient (Wildman–Crippen LogP) is 3.54. The molecule has 138 valence electrons. The highest BCUT2D eigenvalue weighted by atomic mass is 16.5. The van der Waals surface area contributed by atoms with Gasteiger partial charge in [0.15, 0.2) is 0 Å². The Kier molecular flexibility index (Phi) is 6.42. The van der Waals surface area contributed by atoms with Gasteiger partial charge in [0.25, 0.3) is 5.91 Å². The summed E-state index contributed by atoms with van der Waals surface area (Å²) >= 11 is 0. The Labute approximate surface area is 156 Å². The number of amides is 1. The molecule has 4 heteroatoms. The minimum atomic E-state index is 0.0140. The Morgan fingerprint density at radius 1 is 1.12 bits per heavy atom. The first-order valence-corrected chi connectivity index (χ1v) is 9.30. The molecule has 1 saturated heterocycles. The third kappa shape index (κ3) is 5.16. The molecule has 0 aromatic heterocycles. The molecule has 1 fully saturated rings. The molecule has 2 aromatic carbocycles. The summed E-state index contributed by atoms with van der Waals surface area (Å²) in [5.74, 6) is 0.0140. The maximum Gasteiger partial charge on any atom is 0.251 e. The van der Waals surface area contributed by atoms with Crippen LogP contribution in [0.2, 0.25) is 0 Å². The van der Waals surface area contributed by atoms with Crippen LogP contribution in [-0.2, 0) is 17.9 Å². The summed E-state index contributed by atoms with van der Waals surface area (Å²) < 4.78 is 5.14. The molecule has 1 N–H and O–H groups in total. The third-order valence-electron chi connectivity index (χ3n) is 4.91. The maximum atomic E-state index is 12.5. The molecule has 1 aliphatic heterocycles. The van der Waals surface area contributed by atoms with E-state index in [1.54, 1.807) is 7.11 Å². The number of rotatable bonds is 6. The molecular formula is C22H28N2O2. The van der Waals surface area contributed by atoms with Crippen molar-refractivity contribution in [2.75, 3.05) is 20.2 Å². The molecule has 0 spiro atoms. The van der Waals surface area contributed by atoms with E-state index in [1.165, 1.54) is 11.1 Å². The van der Waals surface area contributed by atoms with Crippen molar-refractivity contribution in [2.45, 2.75) is 39.0 Å². The number of benzene rings is 2. The molecule has 4 nitrogen and oxygen atoms in total. The molecule has 0 aliphatic carbocycles. The number of methoxy groups -OCH3 is 1. The number of aryl methyl sites for hydroxylation is 1. The van der Waals surface area contributed by atoms with E-state index < -0.39 is 0 Å². The molecular weight excluding hydrogens is 324 g/mol. The average molecular weight is 352 g/mol. The maximum absolute atomic E-state index is 12.5. The van der Waals surface area contributed by atoms with E-state index in [0.717, 1.165) is 38.0 Å². The standard InChI is InChI=1S/C22H28N2O2/c1-17-5-3-6-18(13-17)15-24-11-9-21(10-12-24)23-22(25)20-8-4-7-19(14-20)16-26-2/h3-8,13-14,21H,9-12,15-16H2,1-2H3,(H,23,25). The molecule has 0 unspecified atom stereocenters. The fraction of sp³-hybridized carbons (Fsp3) is 0.409. The Balaban J connectivity index is 1.49. The normalized spacial score (nSPS) is 15.8. The third-order valence-corrected chi connectivity index (χ3v) is 4.91. The van der Waals surface area contributed by atoms with Gasteiger partial charge >= 0.3 is 0 Å². The van der Waals surface area contributed by atoms with E-state index in [9.17, 15) is 4.79 Å². The molecule has 0 radical (unpaired) electrons. The van der Waals surface area contributed by atoms with Crippen LogP contribution in [0.3, 0.4) is 0 Å². The van der Waals surface area contributed by atoms with Crippen LogP contribution in [0.4, 0.5) is 0 Å². The van der Waals surface area contributed by atoms with Crippen molar-refractivity contribution in [3.05, 3.63) is 70.8 Å². The lowest BCUT2D eigenvalue weighted by Crippen LogP contribution is -2.44. The highest BCUT2D eigenvalue weighted by Gasteiger charge is 2.21. The van der Waals surface area contributed by atoms with Crippen molar-refractivity contribution in [3.8, 4) is 0 Å². The quantitative estimate of drug-likeness (QED) is 0.865. The van der Waals surface area contributed by atoms with Crippen molar-refractivity contribution in [1.82, 2.24) is 10.2 Å². The topological polar surface area (TPSA) is 41.6 Å². The van der Waals surface area contributed by atoms with Crippen molar-refractivity contribution in [1.29, 1.82) is 0 Å². The van der Waals surface area contributed by atoms with Gasteiger partial charge in [-0.1, -0.05) is 42.0 Å². The van der Waals surface area contributed by atoms with Crippen molar-refractivity contribution in [2.24, 2.45) is 0 Å². The number of piperidine rings is 1. The van der Waals surface area contributed by atoms with Gasteiger partial charge in [0, 0.05) is 38.3 Å². The molecule has 26 heavy (non-hydrogen) atoms. The van der Waals surface area contributed by atoms with Crippen molar-refractivity contribution >= 4 is 5.91 Å². The minimum absolute atomic E-state index is 0.0140. The zero-order chi connectivity index (χ0) is 18.4. The highest BCUT2D eigenvalue weighted by Crippen LogP contribution is 2.15. The van der Waals surface area contributed by atoms with E-state index >= 15 is 0 Å². The van der Waals surface area contributed by atoms with Gasteiger partial charge in [0.1, 0.15) is 0 Å². The molecule has 1 aliphatic rings. The molecule has 2 aromatic rings. The van der Waals surface area contributed by atoms with E-state index in [1.807, 2.05) is 24.3 Å². The molecule has 0 saturated carbocycles. The number of likely N-dealkylation sites (tertiary alicyclic amines) is 1. The van der Waals surface area contributed by atoms with E-state index in [-0.39, 0.29) is 11.9 Å². The lowest BCUT2D eigenvalue weighted by Gasteiger charge is -2.32. The number of nitrogens with zero attached hydrogens (tertiary/aromatic N) is 1. The van der Waals surface area contributed by atoms with Crippen LogP contribution in [0.1, 0.15) is 39.9 Å². The second-order valence-electron chi connectivity index (χ2n) is 7.15. The fourth-order valence-electron chi connectivity index (χ4n) is 3.54. The van der Waals surface area contributed by atoms with Gasteiger partial charge in [0.05, 0.1) is 6.61 Å². The number of carbonyl (C=O) groups excluding carboxylic acids is 1. The summed E-state index contributed by atoms with van der Waals surface area (Å²) in [7, 11) is 1.66. The Hall–Kier alpha value is -2.17. The number of ether oxygens (including phenoxy) is 1. The lowest BCUT2D eigenvalue weighted by atomic mass is 10.0. The zero-order valence-electron chi connectivity index (χ0n) is 15.7. The van der Waals surface area contributed by atoms with Crippen molar-refractivity contribution < 1.29 is 9.53 Å². The number of hydrogen-bond donors (Lipinski definition) is 1. The number of carbonyl (C=O) groups is 1. The average Bonchev–Trinajstić information content (AvgIpc) is 2.64. The van der Waals surface area contributed by atoms with Gasteiger partial charge < -0.3 is 10.1 Å². The van der Waals surface area contributed by atoms with Crippen LogP contribution in [0, 0.1) is 6.92 Å². The first-order chi connectivity index (χ1) is 12.6. The fourth-order valence-corrected chi connectivity index (χ4v) is 3.54. The molecule has 0 atom stereocenters. The summed E-state index contributed by atoms with van der Waals surface area (Å²) in [6, 6.07) is 16.6. The Morgan fingerprint density at radius 3 is 2.58 bits per heavy atom. The smallest absolute Gasteiger partial charge is 0.251 e. The summed E-state index contributed by atoms with van der Waals surface area (Å²) in [6.07, 6.45) is 1.99. The van der Waals surface area contributed by atoms with Crippen LogP contribution in [0.15, 0.2) is 48.5 Å². The molecule has 1 heterocycles. The highest BCUT2D eigenvalue weighted by molar-refractivity contribution is 5.94. The second-order valence-corrected chi connectivity index (χ2v) is 7.15. The molecule has 3 rings (SSSR count). The Bertz CT molecular complexity index is 736. The Morgan fingerprint density at radius 2 is 1.85 bits per heavy atom. The van der Waals surface area contributed by atoms with Gasteiger partial charge in [-0.2, -0.15) is 0 Å². The van der Waals surface area contributed by atoms with Gasteiger partial charge in [-0.3, -0.25) is 9.69 Å². The summed E-state index contributed by atoms with van der Waals surface area (Å²) in [5, 5.41) is 3.19. The van der Waals surface area contributed by atoms with E-state index in [4.69, 9.17) is 4.74 Å². The number of hydrogen-bond acceptors (Lipinski definition) is 3. The second kappa shape index (κ2) is 8.97. The van der Waals surface area contributed by atoms with E-state index in [2.05, 4.69) is 41.4 Å². The van der Waals surface area contributed by atoms with Gasteiger partial charge in [-0.15, -0.1) is 0 Å². The minimum Gasteiger partial charge on any atom is -0.380 e. The SMILES string of the molecule is COCc1cccc(C(=O)NC2CCN(Cc3cccc(C)c3)CC2)c1. The largest absolute Gasteiger partial charge is 0.380 e. The van der Waals surface area contributed by atoms with Crippen LogP contribution in [0.25, 0.3) is 0 Å². The number of nitrogens with one attached hydrogen (secondary N) is 1. The first kappa shape index (κ1) is 18.6. The van der Waals surface area contributed by atoms with Gasteiger partial charge in [-0.25, -0.2) is 0 Å². The monoisotopic (exact) mass is 352 g/mol. The first-order valence-electron chi connectivity index (χ1n) is 9.30. The lowest BCUT2D eigenvalue weighted by molar-refractivity contribution is 0.0908. The van der Waals surface area contributed by atoms with Gasteiger partial charge in [0.2, 0.25) is 0 Å². The van der Waals surface area contributed by atoms with Crippen LogP contribution in [0.5, 0.6) is 0 Å². The summed E-state index contributed by atoms with van der Waals surface area (Å²) in [4.78, 5) is 15.0. The molecule has 1 amide bonds. The summed E-state index contributed by atoms with van der Waals surface area (Å²) in [6.45, 7) is 5.68.